The summed E-state index contributed by atoms with van der Waals surface area (Å²) in [6.07, 6.45) is -0.499. The van der Waals surface area contributed by atoms with E-state index in [4.69, 9.17) is 10.00 Å². The van der Waals surface area contributed by atoms with E-state index < -0.39 is 6.10 Å². The second-order valence-corrected chi connectivity index (χ2v) is 4.16. The summed E-state index contributed by atoms with van der Waals surface area (Å²) in [5, 5.41) is 18.8. The molecule has 90 valence electrons. The fraction of sp³-hybridized carbons (Fsp3) is 0.462. The van der Waals surface area contributed by atoms with E-state index in [1.54, 1.807) is 12.1 Å². The van der Waals surface area contributed by atoms with Gasteiger partial charge in [-0.15, -0.1) is 0 Å². The molecule has 1 aromatic carbocycles. The zero-order chi connectivity index (χ0) is 12.1. The minimum absolute atomic E-state index is 0.499. The highest BCUT2D eigenvalue weighted by molar-refractivity contribution is 5.32. The highest BCUT2D eigenvalue weighted by Crippen LogP contribution is 2.15. The van der Waals surface area contributed by atoms with Crippen LogP contribution in [0.1, 0.15) is 17.2 Å². The van der Waals surface area contributed by atoms with Crippen molar-refractivity contribution < 1.29 is 9.84 Å². The number of ether oxygens (including phenoxy) is 1. The van der Waals surface area contributed by atoms with Gasteiger partial charge in [0.05, 0.1) is 31.0 Å². The third-order valence-corrected chi connectivity index (χ3v) is 2.96. The van der Waals surface area contributed by atoms with E-state index in [1.807, 2.05) is 12.1 Å². The SMILES string of the molecule is N#Cc1ccc(C(O)CN2CCOCC2)cc1. The molecule has 0 aromatic heterocycles. The maximum Gasteiger partial charge on any atom is 0.0991 e. The Morgan fingerprint density at radius 2 is 1.94 bits per heavy atom. The number of aliphatic hydroxyl groups excluding tert-OH is 1. The minimum atomic E-state index is -0.499. The summed E-state index contributed by atoms with van der Waals surface area (Å²) in [5.74, 6) is 0. The molecule has 1 aliphatic rings. The molecule has 1 N–H and O–H groups in total. The number of benzene rings is 1. The second-order valence-electron chi connectivity index (χ2n) is 4.16. The molecule has 17 heavy (non-hydrogen) atoms. The molecule has 2 rings (SSSR count). The quantitative estimate of drug-likeness (QED) is 0.842. The molecule has 1 saturated heterocycles. The lowest BCUT2D eigenvalue weighted by atomic mass is 10.1. The van der Waals surface area contributed by atoms with Crippen molar-refractivity contribution in [2.45, 2.75) is 6.10 Å². The molecule has 1 atom stereocenters. The molecule has 0 radical (unpaired) electrons. The molecular weight excluding hydrogens is 216 g/mol. The first-order valence-electron chi connectivity index (χ1n) is 5.78. The van der Waals surface area contributed by atoms with Crippen molar-refractivity contribution in [3.8, 4) is 6.07 Å². The van der Waals surface area contributed by atoms with E-state index in [-0.39, 0.29) is 0 Å². The number of aliphatic hydroxyl groups is 1. The van der Waals surface area contributed by atoms with Gasteiger partial charge in [0.15, 0.2) is 0 Å². The number of hydrogen-bond acceptors (Lipinski definition) is 4. The van der Waals surface area contributed by atoms with Crippen molar-refractivity contribution in [1.82, 2.24) is 4.90 Å². The predicted molar refractivity (Wildman–Crippen MR) is 63.4 cm³/mol. The van der Waals surface area contributed by atoms with Gasteiger partial charge in [-0.3, -0.25) is 4.90 Å². The third kappa shape index (κ3) is 3.27. The molecule has 0 amide bonds. The molecule has 0 saturated carbocycles. The van der Waals surface area contributed by atoms with Crippen LogP contribution in [0.3, 0.4) is 0 Å². The molecule has 0 aliphatic carbocycles. The van der Waals surface area contributed by atoms with Gasteiger partial charge in [-0.1, -0.05) is 12.1 Å². The summed E-state index contributed by atoms with van der Waals surface area (Å²) in [7, 11) is 0. The Bertz CT molecular complexity index is 391. The van der Waals surface area contributed by atoms with Crippen LogP contribution in [0.2, 0.25) is 0 Å². The van der Waals surface area contributed by atoms with Crippen LogP contribution in [0.25, 0.3) is 0 Å². The largest absolute Gasteiger partial charge is 0.387 e. The first-order chi connectivity index (χ1) is 8.29. The average molecular weight is 232 g/mol. The van der Waals surface area contributed by atoms with Crippen LogP contribution in [0.15, 0.2) is 24.3 Å². The van der Waals surface area contributed by atoms with Crippen molar-refractivity contribution >= 4 is 0 Å². The summed E-state index contributed by atoms with van der Waals surface area (Å²) in [4.78, 5) is 2.19. The van der Waals surface area contributed by atoms with Gasteiger partial charge in [0.25, 0.3) is 0 Å². The second kappa shape index (κ2) is 5.78. The van der Waals surface area contributed by atoms with Crippen LogP contribution < -0.4 is 0 Å². The Kier molecular flexibility index (Phi) is 4.10. The lowest BCUT2D eigenvalue weighted by Crippen LogP contribution is -2.38. The van der Waals surface area contributed by atoms with E-state index >= 15 is 0 Å². The molecule has 1 unspecified atom stereocenters. The highest BCUT2D eigenvalue weighted by Gasteiger charge is 2.15. The van der Waals surface area contributed by atoms with E-state index in [2.05, 4.69) is 11.0 Å². The average Bonchev–Trinajstić information content (AvgIpc) is 2.40. The fourth-order valence-electron chi connectivity index (χ4n) is 1.91. The van der Waals surface area contributed by atoms with Gasteiger partial charge in [-0.2, -0.15) is 5.26 Å². The number of hydrogen-bond donors (Lipinski definition) is 1. The number of morpholine rings is 1. The lowest BCUT2D eigenvalue weighted by Gasteiger charge is -2.28. The molecule has 1 heterocycles. The molecule has 1 aliphatic heterocycles. The molecular formula is C13H16N2O2. The van der Waals surface area contributed by atoms with Crippen molar-refractivity contribution in [2.75, 3.05) is 32.8 Å². The number of β-amino-alcohol motifs (C(OH)–C–C–N with tert-alkyl or cyclic N) is 1. The minimum Gasteiger partial charge on any atom is -0.387 e. The normalized spacial score (nSPS) is 18.6. The zero-order valence-electron chi connectivity index (χ0n) is 9.67. The standard InChI is InChI=1S/C13H16N2O2/c14-9-11-1-3-12(4-2-11)13(16)10-15-5-7-17-8-6-15/h1-4,13,16H,5-8,10H2. The van der Waals surface area contributed by atoms with E-state index in [1.165, 1.54) is 0 Å². The molecule has 0 bridgehead atoms. The van der Waals surface area contributed by atoms with Crippen LogP contribution in [0.4, 0.5) is 0 Å². The Hall–Kier alpha value is -1.41. The van der Waals surface area contributed by atoms with Crippen LogP contribution in [-0.2, 0) is 4.74 Å². The van der Waals surface area contributed by atoms with Crippen LogP contribution in [0, 0.1) is 11.3 Å². The Morgan fingerprint density at radius 3 is 2.53 bits per heavy atom. The first-order valence-corrected chi connectivity index (χ1v) is 5.78. The van der Waals surface area contributed by atoms with Gasteiger partial charge in [0, 0.05) is 19.6 Å². The van der Waals surface area contributed by atoms with Crippen LogP contribution in [0.5, 0.6) is 0 Å². The Labute approximate surface area is 101 Å². The molecule has 1 fully saturated rings. The Morgan fingerprint density at radius 1 is 1.29 bits per heavy atom. The summed E-state index contributed by atoms with van der Waals surface area (Å²) in [6, 6.07) is 9.15. The fourth-order valence-corrected chi connectivity index (χ4v) is 1.91. The highest BCUT2D eigenvalue weighted by atomic mass is 16.5. The van der Waals surface area contributed by atoms with Gasteiger partial charge in [-0.05, 0) is 17.7 Å². The van der Waals surface area contributed by atoms with Gasteiger partial charge >= 0.3 is 0 Å². The third-order valence-electron chi connectivity index (χ3n) is 2.96. The number of nitrogens with zero attached hydrogens (tertiary/aromatic N) is 2. The van der Waals surface area contributed by atoms with Crippen molar-refractivity contribution in [2.24, 2.45) is 0 Å². The molecule has 4 nitrogen and oxygen atoms in total. The van der Waals surface area contributed by atoms with E-state index in [0.29, 0.717) is 12.1 Å². The van der Waals surface area contributed by atoms with Gasteiger partial charge in [0.1, 0.15) is 0 Å². The van der Waals surface area contributed by atoms with Crippen LogP contribution >= 0.6 is 0 Å². The van der Waals surface area contributed by atoms with Gasteiger partial charge < -0.3 is 9.84 Å². The molecule has 4 heteroatoms. The first kappa shape index (κ1) is 12.1. The van der Waals surface area contributed by atoms with Gasteiger partial charge in [-0.25, -0.2) is 0 Å². The predicted octanol–water partition coefficient (Wildman–Crippen LogP) is 0.924. The summed E-state index contributed by atoms with van der Waals surface area (Å²) in [5.41, 5.74) is 1.47. The van der Waals surface area contributed by atoms with Crippen molar-refractivity contribution in [1.29, 1.82) is 5.26 Å². The van der Waals surface area contributed by atoms with E-state index in [9.17, 15) is 5.11 Å². The zero-order valence-corrected chi connectivity index (χ0v) is 9.67. The van der Waals surface area contributed by atoms with Gasteiger partial charge in [0.2, 0.25) is 0 Å². The van der Waals surface area contributed by atoms with E-state index in [0.717, 1.165) is 31.9 Å². The molecule has 1 aromatic rings. The van der Waals surface area contributed by atoms with Crippen molar-refractivity contribution in [3.05, 3.63) is 35.4 Å². The van der Waals surface area contributed by atoms with Crippen molar-refractivity contribution in [3.63, 3.8) is 0 Å². The number of nitriles is 1. The summed E-state index contributed by atoms with van der Waals surface area (Å²) < 4.78 is 5.26. The maximum atomic E-state index is 10.1. The number of rotatable bonds is 3. The summed E-state index contributed by atoms with van der Waals surface area (Å²) >= 11 is 0. The lowest BCUT2D eigenvalue weighted by molar-refractivity contribution is 0.0143. The Balaban J connectivity index is 1.94. The smallest absolute Gasteiger partial charge is 0.0991 e. The molecule has 0 spiro atoms. The van der Waals surface area contributed by atoms with Crippen LogP contribution in [-0.4, -0.2) is 42.9 Å². The summed E-state index contributed by atoms with van der Waals surface area (Å²) in [6.45, 7) is 3.83. The topological polar surface area (TPSA) is 56.5 Å². The monoisotopic (exact) mass is 232 g/mol. The maximum absolute atomic E-state index is 10.1.